The Morgan fingerprint density at radius 3 is 2.42 bits per heavy atom. The van der Waals surface area contributed by atoms with Crippen molar-refractivity contribution in [3.05, 3.63) is 61.9 Å². The number of hydrogen-bond acceptors (Lipinski definition) is 4. The highest BCUT2D eigenvalue weighted by molar-refractivity contribution is 7.19. The summed E-state index contributed by atoms with van der Waals surface area (Å²) < 4.78 is 6.81. The number of rotatable bonds is 6. The van der Waals surface area contributed by atoms with E-state index < -0.39 is 6.29 Å². The number of benzene rings is 2. The van der Waals surface area contributed by atoms with Gasteiger partial charge in [-0.2, -0.15) is 0 Å². The highest BCUT2D eigenvalue weighted by Gasteiger charge is 2.17. The standard InChI is InChI=1S/C20H20Cl2O3S/c1-11-8-14(9-12(2)18(11)22)25-7-3-4-16-15-6-5-13(21)10-17(15)26-19(16)20(23)24/h5-6,8-10,20,23-24H,3-4,7H2,1-2H3. The van der Waals surface area contributed by atoms with Crippen molar-refractivity contribution in [2.75, 3.05) is 6.61 Å². The number of aliphatic hydroxyl groups is 2. The van der Waals surface area contributed by atoms with Gasteiger partial charge in [0.2, 0.25) is 0 Å². The lowest BCUT2D eigenvalue weighted by atomic mass is 10.1. The van der Waals surface area contributed by atoms with E-state index in [1.54, 1.807) is 0 Å². The van der Waals surface area contributed by atoms with E-state index in [1.165, 1.54) is 11.3 Å². The van der Waals surface area contributed by atoms with Gasteiger partial charge in [0.05, 0.1) is 11.5 Å². The zero-order valence-corrected chi connectivity index (χ0v) is 16.9. The lowest BCUT2D eigenvalue weighted by Crippen LogP contribution is -2.02. The molecule has 26 heavy (non-hydrogen) atoms. The third-order valence-corrected chi connectivity index (χ3v) is 6.34. The molecular weight excluding hydrogens is 391 g/mol. The molecule has 0 aliphatic carbocycles. The molecule has 138 valence electrons. The molecule has 2 aromatic carbocycles. The molecule has 0 amide bonds. The molecule has 0 radical (unpaired) electrons. The van der Waals surface area contributed by atoms with Crippen molar-refractivity contribution in [3.8, 4) is 5.75 Å². The summed E-state index contributed by atoms with van der Waals surface area (Å²) in [4.78, 5) is 0.570. The largest absolute Gasteiger partial charge is 0.494 e. The fourth-order valence-electron chi connectivity index (χ4n) is 3.04. The van der Waals surface area contributed by atoms with E-state index in [1.807, 2.05) is 44.2 Å². The molecule has 0 atom stereocenters. The van der Waals surface area contributed by atoms with Gasteiger partial charge in [-0.3, -0.25) is 0 Å². The van der Waals surface area contributed by atoms with Gasteiger partial charge in [0.15, 0.2) is 6.29 Å². The highest BCUT2D eigenvalue weighted by atomic mass is 35.5. The molecule has 0 unspecified atom stereocenters. The molecule has 0 fully saturated rings. The van der Waals surface area contributed by atoms with Crippen LogP contribution in [0.3, 0.4) is 0 Å². The molecule has 3 aromatic rings. The van der Waals surface area contributed by atoms with Gasteiger partial charge in [-0.1, -0.05) is 29.3 Å². The van der Waals surface area contributed by atoms with Gasteiger partial charge < -0.3 is 14.9 Å². The molecule has 0 saturated heterocycles. The van der Waals surface area contributed by atoms with Crippen molar-refractivity contribution in [2.45, 2.75) is 33.0 Å². The predicted octanol–water partition coefficient (Wildman–Crippen LogP) is 5.82. The van der Waals surface area contributed by atoms with Crippen molar-refractivity contribution < 1.29 is 14.9 Å². The molecule has 0 aliphatic rings. The molecule has 0 bridgehead atoms. The van der Waals surface area contributed by atoms with Crippen molar-refractivity contribution in [1.82, 2.24) is 0 Å². The Kier molecular flexibility index (Phi) is 6.10. The van der Waals surface area contributed by atoms with Gasteiger partial charge in [-0.25, -0.2) is 0 Å². The third-order valence-electron chi connectivity index (χ3n) is 4.27. The summed E-state index contributed by atoms with van der Waals surface area (Å²) in [5, 5.41) is 21.8. The van der Waals surface area contributed by atoms with Crippen molar-refractivity contribution in [1.29, 1.82) is 0 Å². The van der Waals surface area contributed by atoms with Gasteiger partial charge >= 0.3 is 0 Å². The van der Waals surface area contributed by atoms with E-state index in [2.05, 4.69) is 0 Å². The maximum absolute atomic E-state index is 9.69. The van der Waals surface area contributed by atoms with E-state index in [0.717, 1.165) is 44.0 Å². The minimum atomic E-state index is -1.48. The minimum Gasteiger partial charge on any atom is -0.494 e. The molecule has 0 saturated carbocycles. The van der Waals surface area contributed by atoms with Gasteiger partial charge in [-0.15, -0.1) is 11.3 Å². The van der Waals surface area contributed by atoms with Crippen LogP contribution in [-0.4, -0.2) is 16.8 Å². The smallest absolute Gasteiger partial charge is 0.188 e. The Balaban J connectivity index is 1.71. The highest BCUT2D eigenvalue weighted by Crippen LogP contribution is 2.37. The van der Waals surface area contributed by atoms with Crippen LogP contribution in [0.5, 0.6) is 5.75 Å². The van der Waals surface area contributed by atoms with E-state index in [0.29, 0.717) is 22.9 Å². The monoisotopic (exact) mass is 410 g/mol. The summed E-state index contributed by atoms with van der Waals surface area (Å²) in [6, 6.07) is 9.47. The van der Waals surface area contributed by atoms with E-state index in [-0.39, 0.29) is 0 Å². The fourth-order valence-corrected chi connectivity index (χ4v) is 4.55. The Hall–Kier alpha value is -1.30. The first kappa shape index (κ1) is 19.5. The maximum Gasteiger partial charge on any atom is 0.188 e. The maximum atomic E-state index is 9.69. The predicted molar refractivity (Wildman–Crippen MR) is 109 cm³/mol. The van der Waals surface area contributed by atoms with E-state index in [4.69, 9.17) is 27.9 Å². The average molecular weight is 411 g/mol. The van der Waals surface area contributed by atoms with Crippen LogP contribution < -0.4 is 4.74 Å². The number of thiophene rings is 1. The van der Waals surface area contributed by atoms with Crippen LogP contribution in [-0.2, 0) is 6.42 Å². The third kappa shape index (κ3) is 4.16. The van der Waals surface area contributed by atoms with Gasteiger partial charge in [-0.05, 0) is 73.0 Å². The lowest BCUT2D eigenvalue weighted by Gasteiger charge is -2.11. The van der Waals surface area contributed by atoms with E-state index in [9.17, 15) is 10.2 Å². The Labute approximate surface area is 166 Å². The zero-order chi connectivity index (χ0) is 18.8. The number of hydrogen-bond donors (Lipinski definition) is 2. The average Bonchev–Trinajstić information content (AvgIpc) is 2.94. The summed E-state index contributed by atoms with van der Waals surface area (Å²) in [5.74, 6) is 0.800. The van der Waals surface area contributed by atoms with Gasteiger partial charge in [0.25, 0.3) is 0 Å². The molecule has 0 spiro atoms. The second-order valence-electron chi connectivity index (χ2n) is 6.28. The Morgan fingerprint density at radius 1 is 1.08 bits per heavy atom. The van der Waals surface area contributed by atoms with Crippen LogP contribution in [0.1, 0.15) is 34.3 Å². The summed E-state index contributed by atoms with van der Waals surface area (Å²) in [7, 11) is 0. The first-order chi connectivity index (χ1) is 12.4. The summed E-state index contributed by atoms with van der Waals surface area (Å²) in [6.45, 7) is 4.45. The Bertz CT molecular complexity index is 911. The number of aryl methyl sites for hydroxylation is 3. The first-order valence-electron chi connectivity index (χ1n) is 8.33. The second-order valence-corrected chi connectivity index (χ2v) is 8.18. The lowest BCUT2D eigenvalue weighted by molar-refractivity contribution is -0.0400. The Morgan fingerprint density at radius 2 is 1.77 bits per heavy atom. The number of ether oxygens (including phenoxy) is 1. The molecule has 2 N–H and O–H groups in total. The van der Waals surface area contributed by atoms with Crippen LogP contribution in [0.2, 0.25) is 10.0 Å². The number of aliphatic hydroxyl groups excluding tert-OH is 1. The van der Waals surface area contributed by atoms with Crippen LogP contribution >= 0.6 is 34.5 Å². The minimum absolute atomic E-state index is 0.534. The quantitative estimate of drug-likeness (QED) is 0.397. The topological polar surface area (TPSA) is 49.7 Å². The summed E-state index contributed by atoms with van der Waals surface area (Å²) in [5.41, 5.74) is 2.94. The van der Waals surface area contributed by atoms with Crippen molar-refractivity contribution >= 4 is 44.6 Å². The second kappa shape index (κ2) is 8.15. The molecule has 6 heteroatoms. The number of fused-ring (bicyclic) bond motifs is 1. The van der Waals surface area contributed by atoms with Crippen LogP contribution in [0, 0.1) is 13.8 Å². The summed E-state index contributed by atoms with van der Waals surface area (Å²) >= 11 is 13.6. The summed E-state index contributed by atoms with van der Waals surface area (Å²) in [6.07, 6.45) is -0.0293. The normalized spacial score (nSPS) is 11.5. The zero-order valence-electron chi connectivity index (χ0n) is 14.6. The molecule has 3 nitrogen and oxygen atoms in total. The molecule has 1 aromatic heterocycles. The number of halogens is 2. The van der Waals surface area contributed by atoms with Crippen LogP contribution in [0.15, 0.2) is 30.3 Å². The van der Waals surface area contributed by atoms with Gasteiger partial charge in [0, 0.05) is 14.7 Å². The fraction of sp³-hybridized carbons (Fsp3) is 0.300. The molecule has 3 rings (SSSR count). The van der Waals surface area contributed by atoms with Crippen molar-refractivity contribution in [2.24, 2.45) is 0 Å². The molecule has 1 heterocycles. The SMILES string of the molecule is Cc1cc(OCCCc2c(C(O)O)sc3cc(Cl)ccc23)cc(C)c1Cl. The van der Waals surface area contributed by atoms with Crippen LogP contribution in [0.4, 0.5) is 0 Å². The van der Waals surface area contributed by atoms with Crippen LogP contribution in [0.25, 0.3) is 10.1 Å². The van der Waals surface area contributed by atoms with E-state index >= 15 is 0 Å². The molecule has 0 aliphatic heterocycles. The first-order valence-corrected chi connectivity index (χ1v) is 9.90. The molecular formula is C20H20Cl2O3S. The van der Waals surface area contributed by atoms with Gasteiger partial charge in [0.1, 0.15) is 5.75 Å². The van der Waals surface area contributed by atoms with Crippen molar-refractivity contribution in [3.63, 3.8) is 0 Å².